The Labute approximate surface area is 291 Å². The first-order chi connectivity index (χ1) is 23.7. The summed E-state index contributed by atoms with van der Waals surface area (Å²) in [6, 6.07) is 14.1. The molecule has 2 aromatic carbocycles. The van der Waals surface area contributed by atoms with Gasteiger partial charge in [-0.1, -0.05) is 59.9 Å². The summed E-state index contributed by atoms with van der Waals surface area (Å²) >= 11 is 0.724. The number of aromatic nitrogens is 3. The minimum Gasteiger partial charge on any atom is -0.445 e. The van der Waals surface area contributed by atoms with Crippen LogP contribution >= 0.6 is 11.3 Å². The molecule has 16 heteroatoms. The lowest BCUT2D eigenvalue weighted by molar-refractivity contribution is -0.137. The lowest BCUT2D eigenvalue weighted by Gasteiger charge is -2.24. The molecule has 5 rings (SSSR count). The summed E-state index contributed by atoms with van der Waals surface area (Å²) in [5.41, 5.74) is -1.13. The Bertz CT molecular complexity index is 1820. The summed E-state index contributed by atoms with van der Waals surface area (Å²) in [7, 11) is 1.72. The van der Waals surface area contributed by atoms with Gasteiger partial charge < -0.3 is 25.0 Å². The molecular formula is C34H38F3N7O5S. The lowest BCUT2D eigenvalue weighted by atomic mass is 10.1. The standard InChI is InChI=1S/C34H38F3N7O5S/c1-33(2,3)49-32(47)42-29-26(41-28(50-29)23-14-8-9-15-24(23)34(35,36)37)27(45)40-25-19-38-43(4)30(25)44-17-10-13-22(16-18-44)39-31(46)48-20-21-11-6-5-7-12-21/h5-9,11-12,14-15,19,22H,10,13,16-18,20H2,1-4H3,(H,39,46)(H,40,45)(H,42,47)/t22-/m1/s1. The van der Waals surface area contributed by atoms with Gasteiger partial charge in [-0.3, -0.25) is 14.8 Å². The summed E-state index contributed by atoms with van der Waals surface area (Å²) < 4.78 is 54.0. The molecule has 3 N–H and O–H groups in total. The van der Waals surface area contributed by atoms with Gasteiger partial charge in [-0.2, -0.15) is 18.3 Å². The van der Waals surface area contributed by atoms with Gasteiger partial charge in [0.1, 0.15) is 27.9 Å². The molecule has 0 radical (unpaired) electrons. The average Bonchev–Trinajstić information content (AvgIpc) is 3.55. The fourth-order valence-electron chi connectivity index (χ4n) is 5.45. The molecular weight excluding hydrogens is 675 g/mol. The third-order valence-electron chi connectivity index (χ3n) is 7.64. The molecule has 3 heterocycles. The molecule has 0 spiro atoms. The number of carbonyl (C=O) groups excluding carboxylic acids is 3. The minimum absolute atomic E-state index is 0.0861. The number of carbonyl (C=O) groups is 3. The van der Waals surface area contributed by atoms with Crippen molar-refractivity contribution in [2.75, 3.05) is 28.6 Å². The highest BCUT2D eigenvalue weighted by molar-refractivity contribution is 7.19. The lowest BCUT2D eigenvalue weighted by Crippen LogP contribution is -2.36. The third kappa shape index (κ3) is 9.31. The van der Waals surface area contributed by atoms with Crippen molar-refractivity contribution in [1.82, 2.24) is 20.1 Å². The molecule has 0 aliphatic carbocycles. The van der Waals surface area contributed by atoms with E-state index in [0.29, 0.717) is 37.4 Å². The largest absolute Gasteiger partial charge is 0.445 e. The summed E-state index contributed by atoms with van der Waals surface area (Å²) in [6.45, 7) is 6.24. The molecule has 1 aliphatic rings. The van der Waals surface area contributed by atoms with Gasteiger partial charge in [0, 0.05) is 31.7 Å². The van der Waals surface area contributed by atoms with Crippen molar-refractivity contribution in [2.45, 2.75) is 64.5 Å². The zero-order valence-corrected chi connectivity index (χ0v) is 28.8. The van der Waals surface area contributed by atoms with Crippen LogP contribution in [0.15, 0.2) is 60.8 Å². The quantitative estimate of drug-likeness (QED) is 0.171. The maximum Gasteiger partial charge on any atom is 0.417 e. The Morgan fingerprint density at radius 2 is 1.68 bits per heavy atom. The third-order valence-corrected chi connectivity index (χ3v) is 8.64. The van der Waals surface area contributed by atoms with E-state index in [-0.39, 0.29) is 33.9 Å². The van der Waals surface area contributed by atoms with E-state index in [9.17, 15) is 27.6 Å². The van der Waals surface area contributed by atoms with Crippen molar-refractivity contribution in [3.05, 3.63) is 77.6 Å². The van der Waals surface area contributed by atoms with Crippen LogP contribution < -0.4 is 20.9 Å². The molecule has 2 aromatic heterocycles. The van der Waals surface area contributed by atoms with Gasteiger partial charge in [-0.25, -0.2) is 14.6 Å². The highest BCUT2D eigenvalue weighted by Crippen LogP contribution is 2.41. The highest BCUT2D eigenvalue weighted by Gasteiger charge is 2.35. The second kappa shape index (κ2) is 15.2. The Kier molecular flexibility index (Phi) is 11.0. The van der Waals surface area contributed by atoms with Crippen LogP contribution in [0, 0.1) is 0 Å². The smallest absolute Gasteiger partial charge is 0.417 e. The fraction of sp³-hybridized carbons (Fsp3) is 0.382. The Hall–Kier alpha value is -5.12. The van der Waals surface area contributed by atoms with Crippen molar-refractivity contribution >= 4 is 45.9 Å². The molecule has 1 saturated heterocycles. The predicted molar refractivity (Wildman–Crippen MR) is 183 cm³/mol. The van der Waals surface area contributed by atoms with Crippen LogP contribution in [0.2, 0.25) is 0 Å². The molecule has 0 unspecified atom stereocenters. The fourth-order valence-corrected chi connectivity index (χ4v) is 6.43. The van der Waals surface area contributed by atoms with E-state index in [4.69, 9.17) is 9.47 Å². The van der Waals surface area contributed by atoms with E-state index in [1.54, 1.807) is 32.5 Å². The number of nitrogens with one attached hydrogen (secondary N) is 3. The number of benzene rings is 2. The zero-order valence-electron chi connectivity index (χ0n) is 28.0. The van der Waals surface area contributed by atoms with Crippen LogP contribution in [0.4, 0.5) is 39.3 Å². The van der Waals surface area contributed by atoms with E-state index >= 15 is 0 Å². The normalized spacial score (nSPS) is 15.2. The van der Waals surface area contributed by atoms with Crippen molar-refractivity contribution in [1.29, 1.82) is 0 Å². The number of nitrogens with zero attached hydrogens (tertiary/aromatic N) is 4. The number of ether oxygens (including phenoxy) is 2. The predicted octanol–water partition coefficient (Wildman–Crippen LogP) is 7.45. The second-order valence-electron chi connectivity index (χ2n) is 12.6. The van der Waals surface area contributed by atoms with E-state index in [1.165, 1.54) is 24.4 Å². The zero-order chi connectivity index (χ0) is 36.1. The van der Waals surface area contributed by atoms with Crippen LogP contribution in [0.1, 0.15) is 61.6 Å². The number of rotatable bonds is 8. The number of alkyl halides is 3. The molecule has 12 nitrogen and oxygen atoms in total. The highest BCUT2D eigenvalue weighted by atomic mass is 32.1. The summed E-state index contributed by atoms with van der Waals surface area (Å²) in [5.74, 6) is -0.182. The molecule has 1 atom stereocenters. The second-order valence-corrected chi connectivity index (χ2v) is 13.6. The number of hydrogen-bond donors (Lipinski definition) is 3. The maximum atomic E-state index is 13.9. The van der Waals surface area contributed by atoms with Crippen molar-refractivity contribution in [3.8, 4) is 10.6 Å². The molecule has 50 heavy (non-hydrogen) atoms. The number of thiazole rings is 1. The minimum atomic E-state index is -4.68. The van der Waals surface area contributed by atoms with E-state index in [1.807, 2.05) is 35.2 Å². The number of aryl methyl sites for hydroxylation is 1. The van der Waals surface area contributed by atoms with Crippen molar-refractivity contribution < 1.29 is 37.0 Å². The van der Waals surface area contributed by atoms with Gasteiger partial charge in [-0.05, 0) is 51.7 Å². The number of halogens is 3. The molecule has 3 amide bonds. The molecule has 0 bridgehead atoms. The van der Waals surface area contributed by atoms with Crippen molar-refractivity contribution in [2.24, 2.45) is 7.05 Å². The Morgan fingerprint density at radius 3 is 2.40 bits per heavy atom. The van der Waals surface area contributed by atoms with Gasteiger partial charge >= 0.3 is 18.4 Å². The van der Waals surface area contributed by atoms with Gasteiger partial charge in [0.05, 0.1) is 11.8 Å². The van der Waals surface area contributed by atoms with E-state index < -0.39 is 35.4 Å². The summed E-state index contributed by atoms with van der Waals surface area (Å²) in [4.78, 5) is 45.3. The average molecular weight is 714 g/mol. The van der Waals surface area contributed by atoms with Gasteiger partial charge in [-0.15, -0.1) is 0 Å². The molecule has 1 aliphatic heterocycles. The van der Waals surface area contributed by atoms with Crippen LogP contribution in [0.3, 0.4) is 0 Å². The SMILES string of the molecule is Cn1ncc(NC(=O)c2nc(-c3ccccc3C(F)(F)F)sc2NC(=O)OC(C)(C)C)c1N1CCC[C@@H](NC(=O)OCc2ccccc2)CC1. The number of amides is 3. The van der Waals surface area contributed by atoms with Gasteiger partial charge in [0.25, 0.3) is 5.91 Å². The molecule has 4 aromatic rings. The van der Waals surface area contributed by atoms with Crippen LogP contribution in [0.5, 0.6) is 0 Å². The van der Waals surface area contributed by atoms with Crippen molar-refractivity contribution in [3.63, 3.8) is 0 Å². The van der Waals surface area contributed by atoms with Gasteiger partial charge in [0.2, 0.25) is 0 Å². The molecule has 1 fully saturated rings. The summed E-state index contributed by atoms with van der Waals surface area (Å²) in [6.07, 6.45) is -2.60. The molecule has 0 saturated carbocycles. The number of alkyl carbamates (subject to hydrolysis) is 1. The van der Waals surface area contributed by atoms with Gasteiger partial charge in [0.15, 0.2) is 11.5 Å². The Morgan fingerprint density at radius 1 is 0.960 bits per heavy atom. The monoisotopic (exact) mass is 713 g/mol. The van der Waals surface area contributed by atoms with Crippen LogP contribution in [0.25, 0.3) is 10.6 Å². The van der Waals surface area contributed by atoms with E-state index in [0.717, 1.165) is 29.4 Å². The van der Waals surface area contributed by atoms with Crippen LogP contribution in [-0.2, 0) is 29.3 Å². The number of anilines is 3. The first-order valence-electron chi connectivity index (χ1n) is 15.9. The first-order valence-corrected chi connectivity index (χ1v) is 16.7. The Balaban J connectivity index is 1.33. The summed E-state index contributed by atoms with van der Waals surface area (Å²) in [5, 5.41) is 12.3. The topological polar surface area (TPSA) is 140 Å². The van der Waals surface area contributed by atoms with Crippen LogP contribution in [-0.4, -0.2) is 57.6 Å². The molecule has 266 valence electrons. The maximum absolute atomic E-state index is 13.9. The first kappa shape index (κ1) is 36.2. The number of hydrogen-bond acceptors (Lipinski definition) is 9. The van der Waals surface area contributed by atoms with E-state index in [2.05, 4.69) is 26.0 Å².